The van der Waals surface area contributed by atoms with E-state index >= 15 is 0 Å². The minimum absolute atomic E-state index is 0.0515. The van der Waals surface area contributed by atoms with E-state index in [4.69, 9.17) is 9.47 Å². The largest absolute Gasteiger partial charge is 0.477 e. The van der Waals surface area contributed by atoms with Crippen LogP contribution in [0.4, 0.5) is 4.79 Å². The molecule has 0 saturated carbocycles. The standard InChI is InChI=1S/C14H22N4O3/c1-10(2)17-14(19)18-8-4-5-11(9-18)21-13-12(20-3)15-6-7-16-13/h6-7,10-11H,4-5,8-9H2,1-3H3,(H,17,19). The van der Waals surface area contributed by atoms with Gasteiger partial charge in [0.1, 0.15) is 6.10 Å². The first kappa shape index (κ1) is 15.3. The zero-order valence-electron chi connectivity index (χ0n) is 12.7. The normalized spacial score (nSPS) is 18.5. The number of nitrogens with one attached hydrogen (secondary N) is 1. The molecule has 1 unspecified atom stereocenters. The summed E-state index contributed by atoms with van der Waals surface area (Å²) in [6.45, 7) is 5.18. The number of methoxy groups -OCH3 is 1. The number of likely N-dealkylation sites (tertiary alicyclic amines) is 1. The number of carbonyl (C=O) groups is 1. The fraction of sp³-hybridized carbons (Fsp3) is 0.643. The van der Waals surface area contributed by atoms with Gasteiger partial charge < -0.3 is 19.7 Å². The highest BCUT2D eigenvalue weighted by molar-refractivity contribution is 5.74. The zero-order chi connectivity index (χ0) is 15.2. The third-order valence-electron chi connectivity index (χ3n) is 3.18. The Morgan fingerprint density at radius 2 is 2.10 bits per heavy atom. The van der Waals surface area contributed by atoms with Crippen LogP contribution in [0, 0.1) is 0 Å². The van der Waals surface area contributed by atoms with Crippen LogP contribution in [0.25, 0.3) is 0 Å². The Morgan fingerprint density at radius 3 is 2.76 bits per heavy atom. The zero-order valence-corrected chi connectivity index (χ0v) is 12.7. The van der Waals surface area contributed by atoms with Crippen LogP contribution in [0.2, 0.25) is 0 Å². The first-order valence-corrected chi connectivity index (χ1v) is 7.17. The highest BCUT2D eigenvalue weighted by atomic mass is 16.5. The Balaban J connectivity index is 1.96. The van der Waals surface area contributed by atoms with Crippen molar-refractivity contribution in [1.82, 2.24) is 20.2 Å². The fourth-order valence-electron chi connectivity index (χ4n) is 2.25. The van der Waals surface area contributed by atoms with Crippen LogP contribution in [0.5, 0.6) is 11.8 Å². The van der Waals surface area contributed by atoms with Crippen molar-refractivity contribution >= 4 is 6.03 Å². The second kappa shape index (κ2) is 7.10. The van der Waals surface area contributed by atoms with E-state index in [-0.39, 0.29) is 18.2 Å². The maximum atomic E-state index is 12.0. The smallest absolute Gasteiger partial charge is 0.317 e. The fourth-order valence-corrected chi connectivity index (χ4v) is 2.25. The number of carbonyl (C=O) groups excluding carboxylic acids is 1. The number of urea groups is 1. The van der Waals surface area contributed by atoms with Gasteiger partial charge in [0, 0.05) is 25.0 Å². The van der Waals surface area contributed by atoms with Gasteiger partial charge >= 0.3 is 6.03 Å². The molecule has 0 spiro atoms. The van der Waals surface area contributed by atoms with Gasteiger partial charge in [-0.3, -0.25) is 0 Å². The van der Waals surface area contributed by atoms with Crippen molar-refractivity contribution in [3.05, 3.63) is 12.4 Å². The van der Waals surface area contributed by atoms with Crippen molar-refractivity contribution in [2.45, 2.75) is 38.8 Å². The van der Waals surface area contributed by atoms with Gasteiger partial charge in [-0.2, -0.15) is 0 Å². The summed E-state index contributed by atoms with van der Waals surface area (Å²) in [5, 5.41) is 2.90. The summed E-state index contributed by atoms with van der Waals surface area (Å²) in [4.78, 5) is 22.0. The average molecular weight is 294 g/mol. The molecule has 116 valence electrons. The number of ether oxygens (including phenoxy) is 2. The van der Waals surface area contributed by atoms with Gasteiger partial charge in [-0.05, 0) is 26.7 Å². The van der Waals surface area contributed by atoms with E-state index in [1.54, 1.807) is 17.3 Å². The molecule has 2 heterocycles. The van der Waals surface area contributed by atoms with Gasteiger partial charge in [-0.25, -0.2) is 14.8 Å². The number of hydrogen-bond donors (Lipinski definition) is 1. The van der Waals surface area contributed by atoms with Gasteiger partial charge in [0.05, 0.1) is 13.7 Å². The molecular formula is C14H22N4O3. The van der Waals surface area contributed by atoms with E-state index in [0.717, 1.165) is 19.4 Å². The maximum Gasteiger partial charge on any atom is 0.317 e. The van der Waals surface area contributed by atoms with Crippen molar-refractivity contribution in [3.63, 3.8) is 0 Å². The van der Waals surface area contributed by atoms with Crippen LogP contribution in [0.3, 0.4) is 0 Å². The van der Waals surface area contributed by atoms with E-state index in [9.17, 15) is 4.79 Å². The van der Waals surface area contributed by atoms with Crippen LogP contribution in [-0.2, 0) is 0 Å². The summed E-state index contributed by atoms with van der Waals surface area (Å²) in [6.07, 6.45) is 4.80. The second-order valence-electron chi connectivity index (χ2n) is 5.30. The monoisotopic (exact) mass is 294 g/mol. The maximum absolute atomic E-state index is 12.0. The Morgan fingerprint density at radius 1 is 1.38 bits per heavy atom. The molecule has 2 amide bonds. The number of nitrogens with zero attached hydrogens (tertiary/aromatic N) is 3. The molecular weight excluding hydrogens is 272 g/mol. The van der Waals surface area contributed by atoms with Gasteiger partial charge in [-0.15, -0.1) is 0 Å². The van der Waals surface area contributed by atoms with E-state index < -0.39 is 0 Å². The Kier molecular flexibility index (Phi) is 5.19. The predicted octanol–water partition coefficient (Wildman–Crippen LogP) is 1.45. The Labute approximate surface area is 124 Å². The molecule has 1 aliphatic rings. The first-order valence-electron chi connectivity index (χ1n) is 7.17. The lowest BCUT2D eigenvalue weighted by molar-refractivity contribution is 0.0938. The molecule has 0 radical (unpaired) electrons. The third kappa shape index (κ3) is 4.21. The molecule has 1 aliphatic heterocycles. The van der Waals surface area contributed by atoms with Gasteiger partial charge in [0.2, 0.25) is 0 Å². The summed E-state index contributed by atoms with van der Waals surface area (Å²) in [5.74, 6) is 0.734. The van der Waals surface area contributed by atoms with Crippen molar-refractivity contribution in [3.8, 4) is 11.8 Å². The number of amides is 2. The molecule has 7 nitrogen and oxygen atoms in total. The second-order valence-corrected chi connectivity index (χ2v) is 5.30. The van der Waals surface area contributed by atoms with Crippen LogP contribution in [0.1, 0.15) is 26.7 Å². The van der Waals surface area contributed by atoms with Crippen LogP contribution in [-0.4, -0.2) is 53.2 Å². The van der Waals surface area contributed by atoms with E-state index in [2.05, 4.69) is 15.3 Å². The average Bonchev–Trinajstić information content (AvgIpc) is 2.47. The minimum atomic E-state index is -0.0951. The lowest BCUT2D eigenvalue weighted by Crippen LogP contribution is -2.50. The van der Waals surface area contributed by atoms with Crippen molar-refractivity contribution in [2.75, 3.05) is 20.2 Å². The molecule has 1 aromatic rings. The molecule has 1 atom stereocenters. The van der Waals surface area contributed by atoms with Crippen molar-refractivity contribution in [1.29, 1.82) is 0 Å². The summed E-state index contributed by atoms with van der Waals surface area (Å²) in [5.41, 5.74) is 0. The molecule has 0 bridgehead atoms. The van der Waals surface area contributed by atoms with Gasteiger partial charge in [0.25, 0.3) is 11.8 Å². The summed E-state index contributed by atoms with van der Waals surface area (Å²) >= 11 is 0. The van der Waals surface area contributed by atoms with Crippen molar-refractivity contribution in [2.24, 2.45) is 0 Å². The quantitative estimate of drug-likeness (QED) is 0.909. The molecule has 1 saturated heterocycles. The summed E-state index contributed by atoms with van der Waals surface area (Å²) in [6, 6.07) is 0.0725. The molecule has 2 rings (SSSR count). The molecule has 21 heavy (non-hydrogen) atoms. The highest BCUT2D eigenvalue weighted by Gasteiger charge is 2.26. The molecule has 0 aliphatic carbocycles. The van der Waals surface area contributed by atoms with E-state index in [1.165, 1.54) is 7.11 Å². The predicted molar refractivity (Wildman–Crippen MR) is 77.5 cm³/mol. The van der Waals surface area contributed by atoms with Crippen LogP contribution in [0.15, 0.2) is 12.4 Å². The van der Waals surface area contributed by atoms with E-state index in [1.807, 2.05) is 13.8 Å². The Hall–Kier alpha value is -2.05. The number of aromatic nitrogens is 2. The number of piperidine rings is 1. The van der Waals surface area contributed by atoms with E-state index in [0.29, 0.717) is 18.3 Å². The first-order chi connectivity index (χ1) is 10.1. The number of hydrogen-bond acceptors (Lipinski definition) is 5. The summed E-state index contributed by atoms with van der Waals surface area (Å²) in [7, 11) is 1.53. The molecule has 7 heteroatoms. The third-order valence-corrected chi connectivity index (χ3v) is 3.18. The number of rotatable bonds is 4. The molecule has 0 aromatic carbocycles. The minimum Gasteiger partial charge on any atom is -0.477 e. The van der Waals surface area contributed by atoms with Crippen LogP contribution >= 0.6 is 0 Å². The van der Waals surface area contributed by atoms with Gasteiger partial charge in [-0.1, -0.05) is 0 Å². The lowest BCUT2D eigenvalue weighted by atomic mass is 10.1. The topological polar surface area (TPSA) is 76.6 Å². The lowest BCUT2D eigenvalue weighted by Gasteiger charge is -2.33. The molecule has 1 aromatic heterocycles. The molecule has 1 N–H and O–H groups in total. The van der Waals surface area contributed by atoms with Crippen molar-refractivity contribution < 1.29 is 14.3 Å². The van der Waals surface area contributed by atoms with Crippen LogP contribution < -0.4 is 14.8 Å². The summed E-state index contributed by atoms with van der Waals surface area (Å²) < 4.78 is 11.0. The van der Waals surface area contributed by atoms with Gasteiger partial charge in [0.15, 0.2) is 0 Å². The SMILES string of the molecule is COc1nccnc1OC1CCCN(C(=O)NC(C)C)C1. The highest BCUT2D eigenvalue weighted by Crippen LogP contribution is 2.23. The Bertz CT molecular complexity index is 481. The molecule has 1 fully saturated rings.